The first-order chi connectivity index (χ1) is 13.1. The Bertz CT molecular complexity index is 931. The van der Waals surface area contributed by atoms with E-state index in [-0.39, 0.29) is 5.91 Å². The molecular weight excluding hydrogens is 338 g/mol. The Kier molecular flexibility index (Phi) is 4.90. The molecule has 1 amide bonds. The third-order valence-electron chi connectivity index (χ3n) is 5.37. The van der Waals surface area contributed by atoms with Gasteiger partial charge in [0.15, 0.2) is 5.65 Å². The number of nitrogens with one attached hydrogen (secondary N) is 1. The van der Waals surface area contributed by atoms with Crippen molar-refractivity contribution in [3.8, 4) is 0 Å². The first kappa shape index (κ1) is 17.7. The lowest BCUT2D eigenvalue weighted by Crippen LogP contribution is -2.49. The summed E-state index contributed by atoms with van der Waals surface area (Å²) < 4.78 is 1.74. The van der Waals surface area contributed by atoms with E-state index in [9.17, 15) is 4.79 Å². The number of aromatic nitrogens is 3. The maximum Gasteiger partial charge on any atom is 0.253 e. The quantitative estimate of drug-likeness (QED) is 0.731. The zero-order valence-electron chi connectivity index (χ0n) is 15.8. The number of hydrogen-bond acceptors (Lipinski definition) is 4. The molecular formula is C21H25N5O. The van der Waals surface area contributed by atoms with Gasteiger partial charge in [-0.3, -0.25) is 14.1 Å². The molecule has 4 rings (SSSR count). The van der Waals surface area contributed by atoms with Crippen LogP contribution >= 0.6 is 0 Å². The number of amides is 1. The molecule has 0 spiro atoms. The van der Waals surface area contributed by atoms with Crippen LogP contribution in [0.1, 0.15) is 41.8 Å². The number of benzene rings is 1. The molecule has 1 aromatic carbocycles. The Morgan fingerprint density at radius 1 is 1.19 bits per heavy atom. The minimum Gasteiger partial charge on any atom is -0.348 e. The number of fused-ring (bicyclic) bond motifs is 1. The van der Waals surface area contributed by atoms with E-state index in [0.29, 0.717) is 24.1 Å². The van der Waals surface area contributed by atoms with E-state index in [4.69, 9.17) is 0 Å². The van der Waals surface area contributed by atoms with E-state index >= 15 is 0 Å². The van der Waals surface area contributed by atoms with Gasteiger partial charge in [0.25, 0.3) is 5.91 Å². The summed E-state index contributed by atoms with van der Waals surface area (Å²) in [6, 6.07) is 12.8. The second-order valence-electron chi connectivity index (χ2n) is 7.58. The maximum absolute atomic E-state index is 12.4. The minimum absolute atomic E-state index is 0.102. The van der Waals surface area contributed by atoms with E-state index in [1.54, 1.807) is 29.1 Å². The summed E-state index contributed by atoms with van der Waals surface area (Å²) >= 11 is 0. The summed E-state index contributed by atoms with van der Waals surface area (Å²) in [5.74, 6) is 0.612. The zero-order valence-corrected chi connectivity index (χ0v) is 15.8. The molecule has 1 N–H and O–H groups in total. The second-order valence-corrected chi connectivity index (χ2v) is 7.58. The fourth-order valence-corrected chi connectivity index (χ4v) is 3.66. The molecule has 0 bridgehead atoms. The molecule has 6 heteroatoms. The van der Waals surface area contributed by atoms with Crippen LogP contribution in [-0.4, -0.2) is 38.0 Å². The van der Waals surface area contributed by atoms with Gasteiger partial charge in [0.1, 0.15) is 6.33 Å². The predicted molar refractivity (Wildman–Crippen MR) is 104 cm³/mol. The summed E-state index contributed by atoms with van der Waals surface area (Å²) in [6.45, 7) is 7.30. The van der Waals surface area contributed by atoms with Gasteiger partial charge >= 0.3 is 0 Å². The van der Waals surface area contributed by atoms with Gasteiger partial charge < -0.3 is 5.32 Å². The van der Waals surface area contributed by atoms with Crippen molar-refractivity contribution in [1.82, 2.24) is 24.8 Å². The Morgan fingerprint density at radius 2 is 1.96 bits per heavy atom. The molecule has 0 saturated carbocycles. The van der Waals surface area contributed by atoms with Crippen molar-refractivity contribution in [3.63, 3.8) is 0 Å². The molecule has 1 aliphatic heterocycles. The van der Waals surface area contributed by atoms with Crippen LogP contribution < -0.4 is 5.32 Å². The van der Waals surface area contributed by atoms with Gasteiger partial charge in [0, 0.05) is 31.9 Å². The first-order valence-corrected chi connectivity index (χ1v) is 9.49. The third-order valence-corrected chi connectivity index (χ3v) is 5.37. The molecule has 0 aliphatic carbocycles. The number of nitrogens with zero attached hydrogens (tertiary/aromatic N) is 4. The molecule has 1 saturated heterocycles. The molecule has 1 fully saturated rings. The van der Waals surface area contributed by atoms with E-state index in [2.05, 4.69) is 58.5 Å². The monoisotopic (exact) mass is 363 g/mol. The maximum atomic E-state index is 12.4. The van der Waals surface area contributed by atoms with Crippen LogP contribution in [0.3, 0.4) is 0 Å². The standard InChI is InChI=1S/C21H25N5O/c1-15(2)19-9-10-25(19)12-17-5-3-16(4-6-17)11-22-21(27)18-7-8-20-24-23-14-26(20)13-18/h3-8,13-15,19H,9-12H2,1-2H3,(H,22,27). The van der Waals surface area contributed by atoms with Crippen molar-refractivity contribution in [2.75, 3.05) is 6.54 Å². The van der Waals surface area contributed by atoms with Crippen LogP contribution in [0.2, 0.25) is 0 Å². The zero-order chi connectivity index (χ0) is 18.8. The van der Waals surface area contributed by atoms with Gasteiger partial charge in [-0.2, -0.15) is 0 Å². The molecule has 27 heavy (non-hydrogen) atoms. The molecule has 3 heterocycles. The highest BCUT2D eigenvalue weighted by Crippen LogP contribution is 2.26. The highest BCUT2D eigenvalue weighted by atomic mass is 16.1. The van der Waals surface area contributed by atoms with Crippen molar-refractivity contribution < 1.29 is 4.79 Å². The van der Waals surface area contributed by atoms with Gasteiger partial charge in [-0.15, -0.1) is 10.2 Å². The number of pyridine rings is 1. The average molecular weight is 363 g/mol. The van der Waals surface area contributed by atoms with Crippen LogP contribution in [-0.2, 0) is 13.1 Å². The molecule has 0 radical (unpaired) electrons. The molecule has 1 unspecified atom stereocenters. The molecule has 1 aliphatic rings. The third kappa shape index (κ3) is 3.85. The molecule has 2 aromatic heterocycles. The van der Waals surface area contributed by atoms with Crippen LogP contribution in [0.5, 0.6) is 0 Å². The summed E-state index contributed by atoms with van der Waals surface area (Å²) in [7, 11) is 0. The predicted octanol–water partition coefficient (Wildman–Crippen LogP) is 2.89. The van der Waals surface area contributed by atoms with Gasteiger partial charge in [-0.25, -0.2) is 0 Å². The first-order valence-electron chi connectivity index (χ1n) is 9.49. The topological polar surface area (TPSA) is 62.5 Å². The molecule has 6 nitrogen and oxygen atoms in total. The largest absolute Gasteiger partial charge is 0.348 e. The average Bonchev–Trinajstić information content (AvgIpc) is 3.11. The van der Waals surface area contributed by atoms with Crippen LogP contribution in [0.15, 0.2) is 48.9 Å². The molecule has 140 valence electrons. The van der Waals surface area contributed by atoms with Crippen molar-refractivity contribution in [2.45, 2.75) is 39.4 Å². The SMILES string of the molecule is CC(C)C1CCN1Cc1ccc(CNC(=O)c2ccc3nncn3c2)cc1. The Morgan fingerprint density at radius 3 is 2.67 bits per heavy atom. The lowest BCUT2D eigenvalue weighted by atomic mass is 9.91. The highest BCUT2D eigenvalue weighted by molar-refractivity contribution is 5.94. The number of likely N-dealkylation sites (tertiary alicyclic amines) is 1. The van der Waals surface area contributed by atoms with Gasteiger partial charge in [0.05, 0.1) is 5.56 Å². The summed E-state index contributed by atoms with van der Waals surface area (Å²) in [5, 5.41) is 10.7. The van der Waals surface area contributed by atoms with Crippen LogP contribution in [0.4, 0.5) is 0 Å². The van der Waals surface area contributed by atoms with Gasteiger partial charge in [0.2, 0.25) is 0 Å². The number of hydrogen-bond donors (Lipinski definition) is 1. The molecule has 1 atom stereocenters. The van der Waals surface area contributed by atoms with E-state index in [1.807, 2.05) is 0 Å². The smallest absolute Gasteiger partial charge is 0.253 e. The lowest BCUT2D eigenvalue weighted by molar-refractivity contribution is 0.0482. The van der Waals surface area contributed by atoms with Crippen LogP contribution in [0.25, 0.3) is 5.65 Å². The van der Waals surface area contributed by atoms with E-state index in [1.165, 1.54) is 18.5 Å². The fraction of sp³-hybridized carbons (Fsp3) is 0.381. The normalized spacial score (nSPS) is 17.2. The summed E-state index contributed by atoms with van der Waals surface area (Å²) in [6.07, 6.45) is 4.64. The summed E-state index contributed by atoms with van der Waals surface area (Å²) in [5.41, 5.74) is 3.75. The number of carbonyl (C=O) groups excluding carboxylic acids is 1. The van der Waals surface area contributed by atoms with E-state index in [0.717, 1.165) is 17.8 Å². The molecule has 3 aromatic rings. The Balaban J connectivity index is 1.32. The highest BCUT2D eigenvalue weighted by Gasteiger charge is 2.29. The van der Waals surface area contributed by atoms with Gasteiger partial charge in [-0.05, 0) is 35.6 Å². The number of carbonyl (C=O) groups is 1. The lowest BCUT2D eigenvalue weighted by Gasteiger charge is -2.43. The summed E-state index contributed by atoms with van der Waals surface area (Å²) in [4.78, 5) is 14.9. The van der Waals surface area contributed by atoms with Crippen molar-refractivity contribution in [2.24, 2.45) is 5.92 Å². The van der Waals surface area contributed by atoms with Crippen molar-refractivity contribution in [1.29, 1.82) is 0 Å². The van der Waals surface area contributed by atoms with E-state index < -0.39 is 0 Å². The van der Waals surface area contributed by atoms with Crippen LogP contribution in [0, 0.1) is 5.92 Å². The van der Waals surface area contributed by atoms with Gasteiger partial charge in [-0.1, -0.05) is 38.1 Å². The Hall–Kier alpha value is -2.73. The van der Waals surface area contributed by atoms with Crippen molar-refractivity contribution >= 4 is 11.6 Å². The fourth-order valence-electron chi connectivity index (χ4n) is 3.66. The second kappa shape index (κ2) is 7.48. The van der Waals surface area contributed by atoms with Crippen molar-refractivity contribution in [3.05, 3.63) is 65.6 Å². The number of rotatable bonds is 6. The Labute approximate surface area is 159 Å². The minimum atomic E-state index is -0.102.